The summed E-state index contributed by atoms with van der Waals surface area (Å²) in [6.45, 7) is 4.80. The van der Waals surface area contributed by atoms with Crippen LogP contribution in [0.5, 0.6) is 5.75 Å². The molecule has 5 nitrogen and oxygen atoms in total. The average Bonchev–Trinajstić information content (AvgIpc) is 2.83. The van der Waals surface area contributed by atoms with Crippen LogP contribution in [0.2, 0.25) is 0 Å². The fourth-order valence-electron chi connectivity index (χ4n) is 2.57. The Morgan fingerprint density at radius 1 is 1.27 bits per heavy atom. The van der Waals surface area contributed by atoms with E-state index in [1.165, 1.54) is 11.3 Å². The Bertz CT molecular complexity index is 823. The Balaban J connectivity index is 1.98. The van der Waals surface area contributed by atoms with E-state index >= 15 is 0 Å². The summed E-state index contributed by atoms with van der Waals surface area (Å²) in [5, 5.41) is 8.84. The minimum absolute atomic E-state index is 0.732. The van der Waals surface area contributed by atoms with Crippen molar-refractivity contribution in [2.75, 3.05) is 12.4 Å². The normalized spacial score (nSPS) is 10.9. The van der Waals surface area contributed by atoms with Crippen LogP contribution in [0.15, 0.2) is 30.5 Å². The number of aromatic nitrogens is 3. The first-order valence-corrected chi connectivity index (χ1v) is 7.26. The number of rotatable bonds is 4. The molecule has 0 aliphatic rings. The van der Waals surface area contributed by atoms with Crippen LogP contribution in [0.25, 0.3) is 10.9 Å². The summed E-state index contributed by atoms with van der Waals surface area (Å²) in [5.41, 5.74) is 5.26. The number of para-hydroxylation sites is 1. The van der Waals surface area contributed by atoms with Gasteiger partial charge in [0.05, 0.1) is 13.3 Å². The fraction of sp³-hybridized carbons (Fsp3) is 0.294. The largest absolute Gasteiger partial charge is 0.494 e. The van der Waals surface area contributed by atoms with Crippen LogP contribution in [0.3, 0.4) is 0 Å². The summed E-state index contributed by atoms with van der Waals surface area (Å²) in [7, 11) is 3.63. The monoisotopic (exact) mass is 296 g/mol. The highest BCUT2D eigenvalue weighted by Gasteiger charge is 2.09. The zero-order valence-electron chi connectivity index (χ0n) is 13.3. The van der Waals surface area contributed by atoms with Gasteiger partial charge in [0.2, 0.25) is 0 Å². The van der Waals surface area contributed by atoms with Crippen LogP contribution >= 0.6 is 0 Å². The van der Waals surface area contributed by atoms with Gasteiger partial charge in [-0.15, -0.1) is 0 Å². The number of benzene rings is 1. The number of pyridine rings is 1. The molecule has 0 fully saturated rings. The van der Waals surface area contributed by atoms with Gasteiger partial charge in [-0.1, -0.05) is 12.1 Å². The molecule has 0 radical (unpaired) electrons. The molecule has 5 heteroatoms. The summed E-state index contributed by atoms with van der Waals surface area (Å²) < 4.78 is 7.30. The highest BCUT2D eigenvalue weighted by molar-refractivity contribution is 5.95. The van der Waals surface area contributed by atoms with Crippen molar-refractivity contribution in [3.63, 3.8) is 0 Å². The smallest absolute Gasteiger partial charge is 0.145 e. The average molecular weight is 296 g/mol. The second-order valence-corrected chi connectivity index (χ2v) is 5.40. The van der Waals surface area contributed by atoms with Crippen LogP contribution in [0.4, 0.5) is 5.69 Å². The van der Waals surface area contributed by atoms with Crippen molar-refractivity contribution >= 4 is 16.6 Å². The summed E-state index contributed by atoms with van der Waals surface area (Å²) in [5.74, 6) is 0.793. The molecule has 0 atom stereocenters. The van der Waals surface area contributed by atoms with Crippen molar-refractivity contribution in [3.05, 3.63) is 47.4 Å². The number of hydrogen-bond donors (Lipinski definition) is 1. The molecule has 0 aliphatic carbocycles. The van der Waals surface area contributed by atoms with Gasteiger partial charge in [-0.25, -0.2) is 4.98 Å². The molecule has 0 saturated carbocycles. The molecule has 0 unspecified atom stereocenters. The standard InChI is InChI=1S/C17H20N4O/c1-11-8-15(18-9-13-10-19-21(3)12(13)2)14-6-5-7-16(22-4)17(14)20-11/h5-8,10H,9H2,1-4H3,(H,18,20). The third-order valence-corrected chi connectivity index (χ3v) is 3.96. The predicted octanol–water partition coefficient (Wildman–Crippen LogP) is 3.21. The molecule has 0 aliphatic heterocycles. The molecule has 1 N–H and O–H groups in total. The summed E-state index contributed by atoms with van der Waals surface area (Å²) in [6, 6.07) is 8.04. The van der Waals surface area contributed by atoms with Gasteiger partial charge in [-0.3, -0.25) is 4.68 Å². The molecule has 3 aromatic rings. The van der Waals surface area contributed by atoms with E-state index in [9.17, 15) is 0 Å². The Hall–Kier alpha value is -2.56. The quantitative estimate of drug-likeness (QED) is 0.803. The summed E-state index contributed by atoms with van der Waals surface area (Å²) in [4.78, 5) is 4.60. The maximum atomic E-state index is 5.42. The molecule has 0 spiro atoms. The van der Waals surface area contributed by atoms with Crippen molar-refractivity contribution in [1.29, 1.82) is 0 Å². The number of nitrogens with zero attached hydrogens (tertiary/aromatic N) is 3. The van der Waals surface area contributed by atoms with E-state index < -0.39 is 0 Å². The van der Waals surface area contributed by atoms with Crippen molar-refractivity contribution in [3.8, 4) is 5.75 Å². The van der Waals surface area contributed by atoms with Gasteiger partial charge < -0.3 is 10.1 Å². The van der Waals surface area contributed by atoms with Crippen LogP contribution in [0, 0.1) is 13.8 Å². The summed E-state index contributed by atoms with van der Waals surface area (Å²) in [6.07, 6.45) is 1.90. The van der Waals surface area contributed by atoms with E-state index in [2.05, 4.69) is 34.5 Å². The molecule has 0 bridgehead atoms. The number of hydrogen-bond acceptors (Lipinski definition) is 4. The SMILES string of the molecule is COc1cccc2c(NCc3cnn(C)c3C)cc(C)nc12. The first-order valence-electron chi connectivity index (χ1n) is 7.26. The highest BCUT2D eigenvalue weighted by Crippen LogP contribution is 2.30. The maximum absolute atomic E-state index is 5.42. The molecular weight excluding hydrogens is 276 g/mol. The van der Waals surface area contributed by atoms with Gasteiger partial charge >= 0.3 is 0 Å². The van der Waals surface area contributed by atoms with Crippen LogP contribution in [-0.2, 0) is 13.6 Å². The Labute approximate surface area is 129 Å². The van der Waals surface area contributed by atoms with E-state index in [0.717, 1.165) is 34.6 Å². The lowest BCUT2D eigenvalue weighted by molar-refractivity contribution is 0.419. The van der Waals surface area contributed by atoms with Crippen molar-refractivity contribution < 1.29 is 4.74 Å². The van der Waals surface area contributed by atoms with Gasteiger partial charge in [0.15, 0.2) is 0 Å². The molecule has 2 aromatic heterocycles. The molecule has 2 heterocycles. The lowest BCUT2D eigenvalue weighted by Gasteiger charge is -2.12. The van der Waals surface area contributed by atoms with Gasteiger partial charge in [0.25, 0.3) is 0 Å². The Kier molecular flexibility index (Phi) is 3.71. The van der Waals surface area contributed by atoms with Gasteiger partial charge in [0.1, 0.15) is 11.3 Å². The summed E-state index contributed by atoms with van der Waals surface area (Å²) >= 11 is 0. The zero-order chi connectivity index (χ0) is 15.7. The molecular formula is C17H20N4O. The fourth-order valence-corrected chi connectivity index (χ4v) is 2.57. The minimum atomic E-state index is 0.732. The molecule has 114 valence electrons. The van der Waals surface area contributed by atoms with Crippen molar-refractivity contribution in [1.82, 2.24) is 14.8 Å². The molecule has 1 aromatic carbocycles. The number of anilines is 1. The molecule has 22 heavy (non-hydrogen) atoms. The first kappa shape index (κ1) is 14.4. The lowest BCUT2D eigenvalue weighted by atomic mass is 10.1. The van der Waals surface area contributed by atoms with E-state index in [4.69, 9.17) is 4.74 Å². The second-order valence-electron chi connectivity index (χ2n) is 5.40. The Morgan fingerprint density at radius 3 is 2.77 bits per heavy atom. The van der Waals surface area contributed by atoms with Crippen LogP contribution in [0.1, 0.15) is 17.0 Å². The zero-order valence-corrected chi connectivity index (χ0v) is 13.3. The van der Waals surface area contributed by atoms with Crippen molar-refractivity contribution in [2.24, 2.45) is 7.05 Å². The van der Waals surface area contributed by atoms with Crippen LogP contribution in [-0.4, -0.2) is 21.9 Å². The molecule has 0 amide bonds. The highest BCUT2D eigenvalue weighted by atomic mass is 16.5. The number of fused-ring (bicyclic) bond motifs is 1. The maximum Gasteiger partial charge on any atom is 0.145 e. The van der Waals surface area contributed by atoms with E-state index in [0.29, 0.717) is 0 Å². The third-order valence-electron chi connectivity index (χ3n) is 3.96. The van der Waals surface area contributed by atoms with Gasteiger partial charge in [-0.05, 0) is 26.0 Å². The Morgan fingerprint density at radius 2 is 2.09 bits per heavy atom. The number of methoxy groups -OCH3 is 1. The number of aryl methyl sites for hydroxylation is 2. The van der Waals surface area contributed by atoms with Gasteiger partial charge in [-0.2, -0.15) is 5.10 Å². The van der Waals surface area contributed by atoms with E-state index in [-0.39, 0.29) is 0 Å². The first-order chi connectivity index (χ1) is 10.6. The van der Waals surface area contributed by atoms with E-state index in [1.807, 2.05) is 37.0 Å². The molecule has 3 rings (SSSR count). The number of nitrogens with one attached hydrogen (secondary N) is 1. The number of ether oxygens (including phenoxy) is 1. The third kappa shape index (κ3) is 2.50. The topological polar surface area (TPSA) is 52.0 Å². The van der Waals surface area contributed by atoms with Gasteiger partial charge in [0, 0.05) is 41.6 Å². The van der Waals surface area contributed by atoms with Crippen LogP contribution < -0.4 is 10.1 Å². The second kappa shape index (κ2) is 5.67. The lowest BCUT2D eigenvalue weighted by Crippen LogP contribution is -2.03. The predicted molar refractivity (Wildman–Crippen MR) is 88.3 cm³/mol. The van der Waals surface area contributed by atoms with E-state index in [1.54, 1.807) is 7.11 Å². The minimum Gasteiger partial charge on any atom is -0.494 e. The van der Waals surface area contributed by atoms with Crippen molar-refractivity contribution in [2.45, 2.75) is 20.4 Å². The molecule has 0 saturated heterocycles.